The van der Waals surface area contributed by atoms with E-state index in [1.54, 1.807) is 36.4 Å². The summed E-state index contributed by atoms with van der Waals surface area (Å²) in [6.07, 6.45) is 0. The molecule has 0 aliphatic carbocycles. The van der Waals surface area contributed by atoms with Crippen molar-refractivity contribution in [3.63, 3.8) is 0 Å². The summed E-state index contributed by atoms with van der Waals surface area (Å²) in [5.41, 5.74) is 1.71. The molecule has 0 radical (unpaired) electrons. The van der Waals surface area contributed by atoms with Gasteiger partial charge in [0.1, 0.15) is 11.5 Å². The molecular weight excluding hydrogens is 518 g/mol. The number of halogens is 2. The molecule has 3 aromatic rings. The molecule has 6 nitrogen and oxygen atoms in total. The van der Waals surface area contributed by atoms with E-state index in [-0.39, 0.29) is 10.6 Å². The van der Waals surface area contributed by atoms with Gasteiger partial charge in [0.2, 0.25) is 0 Å². The standard InChI is InChI=1S/C23H21BrClNO5S/c1-15-13-20(22(24)16(2)23(15)25)31-14-21(27)26(17-9-11-18(30-3)12-10-17)32(28,29)19-7-5-4-6-8-19/h4-13H,14H2,1-3H3. The first-order valence-electron chi connectivity index (χ1n) is 9.52. The smallest absolute Gasteiger partial charge is 0.278 e. The van der Waals surface area contributed by atoms with E-state index in [4.69, 9.17) is 21.1 Å². The Balaban J connectivity index is 1.97. The molecule has 3 aromatic carbocycles. The molecule has 168 valence electrons. The van der Waals surface area contributed by atoms with Crippen molar-refractivity contribution in [2.75, 3.05) is 18.0 Å². The molecule has 0 fully saturated rings. The van der Waals surface area contributed by atoms with Gasteiger partial charge in [0.15, 0.2) is 6.61 Å². The van der Waals surface area contributed by atoms with Gasteiger partial charge >= 0.3 is 0 Å². The Morgan fingerprint density at radius 3 is 2.28 bits per heavy atom. The first-order chi connectivity index (χ1) is 15.2. The van der Waals surface area contributed by atoms with E-state index >= 15 is 0 Å². The van der Waals surface area contributed by atoms with Crippen LogP contribution in [-0.2, 0) is 14.8 Å². The van der Waals surface area contributed by atoms with E-state index in [0.717, 1.165) is 15.4 Å². The number of nitrogens with zero attached hydrogens (tertiary/aromatic N) is 1. The zero-order valence-corrected chi connectivity index (χ0v) is 20.8. The van der Waals surface area contributed by atoms with E-state index in [2.05, 4.69) is 15.9 Å². The highest BCUT2D eigenvalue weighted by Crippen LogP contribution is 2.36. The summed E-state index contributed by atoms with van der Waals surface area (Å²) in [5.74, 6) is 0.172. The van der Waals surface area contributed by atoms with E-state index in [0.29, 0.717) is 21.0 Å². The number of carbonyl (C=O) groups is 1. The summed E-state index contributed by atoms with van der Waals surface area (Å²) in [4.78, 5) is 13.2. The van der Waals surface area contributed by atoms with Crippen LogP contribution in [0.25, 0.3) is 0 Å². The van der Waals surface area contributed by atoms with E-state index in [9.17, 15) is 13.2 Å². The molecule has 0 spiro atoms. The number of methoxy groups -OCH3 is 1. The lowest BCUT2D eigenvalue weighted by atomic mass is 10.1. The summed E-state index contributed by atoms with van der Waals surface area (Å²) >= 11 is 9.67. The van der Waals surface area contributed by atoms with Crippen LogP contribution in [-0.4, -0.2) is 28.0 Å². The van der Waals surface area contributed by atoms with Gasteiger partial charge in [-0.3, -0.25) is 4.79 Å². The monoisotopic (exact) mass is 537 g/mol. The van der Waals surface area contributed by atoms with Gasteiger partial charge in [0.05, 0.1) is 22.2 Å². The fourth-order valence-electron chi connectivity index (χ4n) is 3.04. The van der Waals surface area contributed by atoms with Crippen molar-refractivity contribution in [1.82, 2.24) is 0 Å². The van der Waals surface area contributed by atoms with Crippen molar-refractivity contribution in [1.29, 1.82) is 0 Å². The average Bonchev–Trinajstić information content (AvgIpc) is 2.80. The molecule has 0 unspecified atom stereocenters. The number of rotatable bonds is 7. The van der Waals surface area contributed by atoms with Crippen LogP contribution in [0.4, 0.5) is 5.69 Å². The average molecular weight is 539 g/mol. The summed E-state index contributed by atoms with van der Waals surface area (Å²) in [6.45, 7) is 3.13. The first kappa shape index (κ1) is 24.1. The minimum atomic E-state index is -4.18. The third kappa shape index (κ3) is 4.92. The number of amides is 1. The lowest BCUT2D eigenvalue weighted by Crippen LogP contribution is -2.40. The lowest BCUT2D eigenvalue weighted by molar-refractivity contribution is -0.119. The van der Waals surface area contributed by atoms with Gasteiger partial charge < -0.3 is 9.47 Å². The van der Waals surface area contributed by atoms with Crippen molar-refractivity contribution >= 4 is 49.1 Å². The summed E-state index contributed by atoms with van der Waals surface area (Å²) < 4.78 is 38.9. The minimum absolute atomic E-state index is 0.0106. The number of hydrogen-bond acceptors (Lipinski definition) is 5. The molecule has 0 aliphatic rings. The highest BCUT2D eigenvalue weighted by atomic mass is 79.9. The normalized spacial score (nSPS) is 11.2. The second kappa shape index (κ2) is 9.94. The topological polar surface area (TPSA) is 72.9 Å². The number of carbonyl (C=O) groups excluding carboxylic acids is 1. The van der Waals surface area contributed by atoms with Gasteiger partial charge in [-0.2, -0.15) is 4.31 Å². The quantitative estimate of drug-likeness (QED) is 0.396. The van der Waals surface area contributed by atoms with Crippen LogP contribution >= 0.6 is 27.5 Å². The second-order valence-electron chi connectivity index (χ2n) is 6.91. The predicted molar refractivity (Wildman–Crippen MR) is 128 cm³/mol. The Hall–Kier alpha value is -2.55. The fraction of sp³-hybridized carbons (Fsp3) is 0.174. The van der Waals surface area contributed by atoms with Gasteiger partial charge in [-0.15, -0.1) is 0 Å². The van der Waals surface area contributed by atoms with Crippen LogP contribution in [0.2, 0.25) is 5.02 Å². The van der Waals surface area contributed by atoms with Crippen molar-refractivity contribution in [3.05, 3.63) is 81.3 Å². The largest absolute Gasteiger partial charge is 0.497 e. The molecule has 1 amide bonds. The second-order valence-corrected chi connectivity index (χ2v) is 9.87. The molecule has 0 bridgehead atoms. The maximum absolute atomic E-state index is 13.4. The molecule has 0 aliphatic heterocycles. The van der Waals surface area contributed by atoms with Crippen molar-refractivity contribution < 1.29 is 22.7 Å². The third-order valence-corrected chi connectivity index (χ3v) is 8.06. The molecule has 0 saturated carbocycles. The van der Waals surface area contributed by atoms with E-state index < -0.39 is 22.5 Å². The van der Waals surface area contributed by atoms with E-state index in [1.165, 1.54) is 31.4 Å². The van der Waals surface area contributed by atoms with Crippen LogP contribution in [0, 0.1) is 13.8 Å². The predicted octanol–water partition coefficient (Wildman–Crippen LogP) is 5.53. The number of anilines is 1. The molecule has 0 heterocycles. The SMILES string of the molecule is COc1ccc(N(C(=O)COc2cc(C)c(Cl)c(C)c2Br)S(=O)(=O)c2ccccc2)cc1. The molecule has 0 saturated heterocycles. The number of sulfonamides is 1. The van der Waals surface area contributed by atoms with Crippen molar-refractivity contribution in [2.24, 2.45) is 0 Å². The van der Waals surface area contributed by atoms with Crippen molar-refractivity contribution in [3.8, 4) is 11.5 Å². The van der Waals surface area contributed by atoms with Gasteiger partial charge in [-0.05, 0) is 83.4 Å². The first-order valence-corrected chi connectivity index (χ1v) is 12.1. The molecule has 32 heavy (non-hydrogen) atoms. The van der Waals surface area contributed by atoms with Crippen LogP contribution in [0.5, 0.6) is 11.5 Å². The molecule has 0 atom stereocenters. The van der Waals surface area contributed by atoms with Gasteiger partial charge in [-0.25, -0.2) is 8.42 Å². The Labute approximate surface area is 200 Å². The van der Waals surface area contributed by atoms with Crippen LogP contribution < -0.4 is 13.8 Å². The van der Waals surface area contributed by atoms with Crippen LogP contribution in [0.15, 0.2) is 70.0 Å². The zero-order chi connectivity index (χ0) is 23.5. The van der Waals surface area contributed by atoms with Crippen LogP contribution in [0.3, 0.4) is 0 Å². The zero-order valence-electron chi connectivity index (χ0n) is 17.6. The summed E-state index contributed by atoms with van der Waals surface area (Å²) in [6, 6.07) is 15.6. The number of hydrogen-bond donors (Lipinski definition) is 0. The summed E-state index contributed by atoms with van der Waals surface area (Å²) in [5, 5.41) is 0.585. The number of ether oxygens (including phenoxy) is 2. The van der Waals surface area contributed by atoms with E-state index in [1.807, 2.05) is 13.8 Å². The number of benzene rings is 3. The Kier molecular flexibility index (Phi) is 7.48. The fourth-order valence-corrected chi connectivity index (χ4v) is 5.16. The minimum Gasteiger partial charge on any atom is -0.497 e. The van der Waals surface area contributed by atoms with Gasteiger partial charge in [0.25, 0.3) is 15.9 Å². The van der Waals surface area contributed by atoms with Crippen LogP contribution in [0.1, 0.15) is 11.1 Å². The molecule has 0 N–H and O–H groups in total. The maximum Gasteiger partial charge on any atom is 0.278 e. The van der Waals surface area contributed by atoms with Gasteiger partial charge in [-0.1, -0.05) is 29.8 Å². The molecule has 3 rings (SSSR count). The third-order valence-electron chi connectivity index (χ3n) is 4.73. The molecular formula is C23H21BrClNO5S. The maximum atomic E-state index is 13.4. The number of aryl methyl sites for hydroxylation is 1. The molecule has 9 heteroatoms. The van der Waals surface area contributed by atoms with Gasteiger partial charge in [0, 0.05) is 5.02 Å². The highest BCUT2D eigenvalue weighted by molar-refractivity contribution is 9.10. The summed E-state index contributed by atoms with van der Waals surface area (Å²) in [7, 11) is -2.68. The molecule has 0 aromatic heterocycles. The highest BCUT2D eigenvalue weighted by Gasteiger charge is 2.31. The Morgan fingerprint density at radius 2 is 1.69 bits per heavy atom. The Bertz CT molecular complexity index is 1230. The lowest BCUT2D eigenvalue weighted by Gasteiger charge is -2.23. The Morgan fingerprint density at radius 1 is 1.06 bits per heavy atom. The van der Waals surface area contributed by atoms with Crippen molar-refractivity contribution in [2.45, 2.75) is 18.7 Å².